The number of fused-ring (bicyclic) bond motifs is 1. The van der Waals surface area contributed by atoms with E-state index < -0.39 is 11.4 Å². The Morgan fingerprint density at radius 3 is 2.90 bits per heavy atom. The number of carbonyl (C=O) groups excluding carboxylic acids is 1. The van der Waals surface area contributed by atoms with Gasteiger partial charge in [-0.3, -0.25) is 0 Å². The molecular weight excluding hydrogens is 322 g/mol. The van der Waals surface area contributed by atoms with E-state index in [-0.39, 0.29) is 12.4 Å². The Balaban J connectivity index is 2.25. The van der Waals surface area contributed by atoms with Crippen LogP contribution in [0.5, 0.6) is 0 Å². The van der Waals surface area contributed by atoms with Gasteiger partial charge in [0.15, 0.2) is 0 Å². The topological polar surface area (TPSA) is 63.2 Å². The van der Waals surface area contributed by atoms with Gasteiger partial charge >= 0.3 is 5.97 Å². The highest BCUT2D eigenvalue weighted by Crippen LogP contribution is 2.52. The van der Waals surface area contributed by atoms with E-state index >= 15 is 0 Å². The van der Waals surface area contributed by atoms with Crippen molar-refractivity contribution >= 4 is 32.9 Å². The summed E-state index contributed by atoms with van der Waals surface area (Å²) in [4.78, 5) is 12.1. The molecule has 0 aliphatic heterocycles. The van der Waals surface area contributed by atoms with Gasteiger partial charge in [0.25, 0.3) is 0 Å². The molecule has 5 heteroatoms. The molecule has 1 fully saturated rings. The predicted octanol–water partition coefficient (Wildman–Crippen LogP) is 3.93. The van der Waals surface area contributed by atoms with E-state index in [0.717, 1.165) is 22.7 Å². The van der Waals surface area contributed by atoms with E-state index in [0.29, 0.717) is 11.1 Å². The van der Waals surface area contributed by atoms with E-state index in [2.05, 4.69) is 22.0 Å². The number of nitrogens with zero attached hydrogens (tertiary/aromatic N) is 1. The number of ether oxygens (including phenoxy) is 1. The molecule has 0 atom stereocenters. The van der Waals surface area contributed by atoms with Crippen LogP contribution in [0.2, 0.25) is 0 Å². The van der Waals surface area contributed by atoms with Gasteiger partial charge in [-0.1, -0.05) is 15.9 Å². The zero-order chi connectivity index (χ0) is 14.3. The van der Waals surface area contributed by atoms with Crippen molar-refractivity contribution < 1.29 is 13.9 Å². The van der Waals surface area contributed by atoms with E-state index in [9.17, 15) is 10.1 Å². The summed E-state index contributed by atoms with van der Waals surface area (Å²) < 4.78 is 11.6. The van der Waals surface area contributed by atoms with Crippen LogP contribution in [0.25, 0.3) is 11.0 Å². The highest BCUT2D eigenvalue weighted by atomic mass is 79.9. The minimum absolute atomic E-state index is 0.166. The van der Waals surface area contributed by atoms with E-state index in [4.69, 9.17) is 9.15 Å². The van der Waals surface area contributed by atoms with Gasteiger partial charge in [0.05, 0.1) is 18.1 Å². The molecule has 0 bridgehead atoms. The van der Waals surface area contributed by atoms with Gasteiger partial charge in [-0.05, 0) is 38.0 Å². The third-order valence-corrected chi connectivity index (χ3v) is 4.05. The highest BCUT2D eigenvalue weighted by Gasteiger charge is 2.50. The largest absolute Gasteiger partial charge is 0.460 e. The van der Waals surface area contributed by atoms with Crippen LogP contribution in [0.4, 0.5) is 0 Å². The number of hydrogen-bond donors (Lipinski definition) is 0. The molecule has 0 radical (unpaired) electrons. The summed E-state index contributed by atoms with van der Waals surface area (Å²) in [6.45, 7) is 2.02. The minimum atomic E-state index is -0.596. The fourth-order valence-electron chi connectivity index (χ4n) is 2.43. The molecule has 1 heterocycles. The molecule has 1 aliphatic rings. The number of furan rings is 1. The fourth-order valence-corrected chi connectivity index (χ4v) is 2.77. The van der Waals surface area contributed by atoms with Crippen molar-refractivity contribution in [2.75, 3.05) is 6.61 Å². The summed E-state index contributed by atoms with van der Waals surface area (Å²) in [7, 11) is 0. The Kier molecular flexibility index (Phi) is 3.06. The lowest BCUT2D eigenvalue weighted by molar-refractivity contribution is 0.0490. The SMILES string of the molecule is CCOC(=O)c1oc2cc(Br)ccc2c1C1(C#N)CC1. The average Bonchev–Trinajstić information content (AvgIpc) is 3.13. The summed E-state index contributed by atoms with van der Waals surface area (Å²) in [5.74, 6) is -0.338. The molecule has 102 valence electrons. The summed E-state index contributed by atoms with van der Waals surface area (Å²) in [6, 6.07) is 7.87. The Morgan fingerprint density at radius 2 is 2.30 bits per heavy atom. The van der Waals surface area contributed by atoms with Gasteiger partial charge in [0.2, 0.25) is 5.76 Å². The molecule has 1 aromatic heterocycles. The van der Waals surface area contributed by atoms with E-state index in [1.54, 1.807) is 13.0 Å². The fraction of sp³-hybridized carbons (Fsp3) is 0.333. The first-order valence-electron chi connectivity index (χ1n) is 6.42. The lowest BCUT2D eigenvalue weighted by Crippen LogP contribution is -2.11. The molecule has 1 aliphatic carbocycles. The van der Waals surface area contributed by atoms with Gasteiger partial charge in [-0.15, -0.1) is 0 Å². The maximum Gasteiger partial charge on any atom is 0.374 e. The molecular formula is C15H12BrNO3. The Labute approximate surface area is 124 Å². The molecule has 1 aromatic carbocycles. The van der Waals surface area contributed by atoms with Crippen molar-refractivity contribution in [2.45, 2.75) is 25.2 Å². The van der Waals surface area contributed by atoms with Gasteiger partial charge in [-0.25, -0.2) is 4.79 Å². The minimum Gasteiger partial charge on any atom is -0.460 e. The maximum absolute atomic E-state index is 12.1. The molecule has 0 saturated heterocycles. The average molecular weight is 334 g/mol. The third-order valence-electron chi connectivity index (χ3n) is 3.56. The number of esters is 1. The number of nitriles is 1. The molecule has 3 rings (SSSR count). The van der Waals surface area contributed by atoms with Crippen molar-refractivity contribution in [2.24, 2.45) is 0 Å². The van der Waals surface area contributed by atoms with Crippen LogP contribution >= 0.6 is 15.9 Å². The molecule has 4 nitrogen and oxygen atoms in total. The van der Waals surface area contributed by atoms with Gasteiger partial charge in [0.1, 0.15) is 5.58 Å². The van der Waals surface area contributed by atoms with Crippen LogP contribution in [0.1, 0.15) is 35.9 Å². The van der Waals surface area contributed by atoms with Crippen LogP contribution in [-0.2, 0) is 10.2 Å². The predicted molar refractivity (Wildman–Crippen MR) is 76.4 cm³/mol. The van der Waals surface area contributed by atoms with Crippen LogP contribution in [0, 0.1) is 11.3 Å². The van der Waals surface area contributed by atoms with Crippen LogP contribution < -0.4 is 0 Å². The van der Waals surface area contributed by atoms with Crippen LogP contribution in [0.15, 0.2) is 27.1 Å². The van der Waals surface area contributed by atoms with Gasteiger partial charge in [0, 0.05) is 15.4 Å². The van der Waals surface area contributed by atoms with Gasteiger partial charge < -0.3 is 9.15 Å². The van der Waals surface area contributed by atoms with Gasteiger partial charge in [-0.2, -0.15) is 5.26 Å². The molecule has 0 N–H and O–H groups in total. The second-order valence-electron chi connectivity index (χ2n) is 4.86. The monoisotopic (exact) mass is 333 g/mol. The number of carbonyl (C=O) groups is 1. The van der Waals surface area contributed by atoms with E-state index in [1.807, 2.05) is 12.1 Å². The van der Waals surface area contributed by atoms with Crippen molar-refractivity contribution in [3.63, 3.8) is 0 Å². The van der Waals surface area contributed by atoms with Crippen molar-refractivity contribution in [1.29, 1.82) is 5.26 Å². The zero-order valence-corrected chi connectivity index (χ0v) is 12.5. The van der Waals surface area contributed by atoms with Crippen molar-refractivity contribution in [3.05, 3.63) is 34.0 Å². The van der Waals surface area contributed by atoms with E-state index in [1.165, 1.54) is 0 Å². The lowest BCUT2D eigenvalue weighted by Gasteiger charge is -2.06. The summed E-state index contributed by atoms with van der Waals surface area (Å²) >= 11 is 3.38. The molecule has 0 spiro atoms. The Bertz CT molecular complexity index is 737. The standard InChI is InChI=1S/C15H12BrNO3/c1-2-19-14(18)13-12(15(8-17)5-6-15)10-4-3-9(16)7-11(10)20-13/h3-4,7H,2,5-6H2,1H3. The lowest BCUT2D eigenvalue weighted by atomic mass is 9.94. The maximum atomic E-state index is 12.1. The highest BCUT2D eigenvalue weighted by molar-refractivity contribution is 9.10. The summed E-state index contributed by atoms with van der Waals surface area (Å²) in [6.07, 6.45) is 1.50. The molecule has 0 amide bonds. The first-order valence-corrected chi connectivity index (χ1v) is 7.21. The van der Waals surface area contributed by atoms with Crippen molar-refractivity contribution in [1.82, 2.24) is 0 Å². The second kappa shape index (κ2) is 4.64. The number of halogens is 1. The number of hydrogen-bond acceptors (Lipinski definition) is 4. The van der Waals surface area contributed by atoms with Crippen molar-refractivity contribution in [3.8, 4) is 6.07 Å². The summed E-state index contributed by atoms with van der Waals surface area (Å²) in [5.41, 5.74) is 0.682. The summed E-state index contributed by atoms with van der Waals surface area (Å²) in [5, 5.41) is 10.2. The Hall–Kier alpha value is -1.80. The first-order chi connectivity index (χ1) is 9.61. The van der Waals surface area contributed by atoms with Crippen LogP contribution in [-0.4, -0.2) is 12.6 Å². The number of benzene rings is 1. The third kappa shape index (κ3) is 1.92. The molecule has 0 unspecified atom stereocenters. The smallest absolute Gasteiger partial charge is 0.374 e. The van der Waals surface area contributed by atoms with Crippen LogP contribution in [0.3, 0.4) is 0 Å². The Morgan fingerprint density at radius 1 is 1.55 bits per heavy atom. The molecule has 1 saturated carbocycles. The quantitative estimate of drug-likeness (QED) is 0.798. The molecule has 20 heavy (non-hydrogen) atoms. The second-order valence-corrected chi connectivity index (χ2v) is 5.78. The normalized spacial score (nSPS) is 15.8. The molecule has 2 aromatic rings. The number of rotatable bonds is 3. The zero-order valence-electron chi connectivity index (χ0n) is 10.9. The first kappa shape index (κ1) is 13.2.